The van der Waals surface area contributed by atoms with Crippen molar-refractivity contribution in [2.45, 2.75) is 38.5 Å². The van der Waals surface area contributed by atoms with Crippen molar-refractivity contribution in [2.75, 3.05) is 25.1 Å². The number of esters is 1. The first-order chi connectivity index (χ1) is 9.20. The summed E-state index contributed by atoms with van der Waals surface area (Å²) in [6.07, 6.45) is 4.35. The molecule has 3 nitrogen and oxygen atoms in total. The Morgan fingerprint density at radius 2 is 2.05 bits per heavy atom. The summed E-state index contributed by atoms with van der Waals surface area (Å²) in [4.78, 5) is 13.8. The third-order valence-corrected chi connectivity index (χ3v) is 3.86. The van der Waals surface area contributed by atoms with Crippen LogP contribution in [0.3, 0.4) is 0 Å². The largest absolute Gasteiger partial charge is 0.469 e. The van der Waals surface area contributed by atoms with Gasteiger partial charge in [-0.2, -0.15) is 0 Å². The molecular weight excluding hydrogens is 238 g/mol. The van der Waals surface area contributed by atoms with Crippen LogP contribution in [0.5, 0.6) is 0 Å². The van der Waals surface area contributed by atoms with Gasteiger partial charge in [-0.15, -0.1) is 0 Å². The smallest absolute Gasteiger partial charge is 0.306 e. The summed E-state index contributed by atoms with van der Waals surface area (Å²) in [5.41, 5.74) is 2.50. The summed E-state index contributed by atoms with van der Waals surface area (Å²) in [5, 5.41) is 0. The summed E-state index contributed by atoms with van der Waals surface area (Å²) in [7, 11) is 1.44. The maximum absolute atomic E-state index is 11.3. The van der Waals surface area contributed by atoms with E-state index < -0.39 is 0 Å². The maximum Gasteiger partial charge on any atom is 0.306 e. The molecule has 0 radical (unpaired) electrons. The number of ether oxygens (including phenoxy) is 1. The minimum absolute atomic E-state index is 0.143. The van der Waals surface area contributed by atoms with Crippen molar-refractivity contribution in [1.29, 1.82) is 0 Å². The number of hydrogen-bond donors (Lipinski definition) is 0. The van der Waals surface area contributed by atoms with E-state index in [1.807, 2.05) is 0 Å². The molecule has 1 atom stereocenters. The van der Waals surface area contributed by atoms with Gasteiger partial charge in [-0.3, -0.25) is 4.79 Å². The minimum Gasteiger partial charge on any atom is -0.469 e. The van der Waals surface area contributed by atoms with Crippen LogP contribution in [0.1, 0.15) is 44.1 Å². The zero-order valence-electron chi connectivity index (χ0n) is 11.9. The molecule has 1 aliphatic heterocycles. The van der Waals surface area contributed by atoms with E-state index in [2.05, 4.69) is 36.1 Å². The van der Waals surface area contributed by atoms with Gasteiger partial charge < -0.3 is 9.64 Å². The lowest BCUT2D eigenvalue weighted by molar-refractivity contribution is -0.140. The van der Waals surface area contributed by atoms with E-state index >= 15 is 0 Å². The number of piperidine rings is 1. The lowest BCUT2D eigenvalue weighted by atomic mass is 9.97. The second-order valence-electron chi connectivity index (χ2n) is 5.32. The Morgan fingerprint density at radius 1 is 1.32 bits per heavy atom. The Balaban J connectivity index is 2.07. The SMILES string of the molecule is COC(=O)C[C@H](C)c1cccc(N2CCCCC2)c1. The average Bonchev–Trinajstić information content (AvgIpc) is 2.48. The molecule has 104 valence electrons. The Labute approximate surface area is 115 Å². The van der Waals surface area contributed by atoms with Gasteiger partial charge in [-0.1, -0.05) is 19.1 Å². The second-order valence-corrected chi connectivity index (χ2v) is 5.32. The molecule has 0 N–H and O–H groups in total. The highest BCUT2D eigenvalue weighted by atomic mass is 16.5. The Morgan fingerprint density at radius 3 is 2.74 bits per heavy atom. The molecule has 0 aliphatic carbocycles. The van der Waals surface area contributed by atoms with Gasteiger partial charge in [-0.25, -0.2) is 0 Å². The van der Waals surface area contributed by atoms with Gasteiger partial charge in [0.2, 0.25) is 0 Å². The number of rotatable bonds is 4. The maximum atomic E-state index is 11.3. The van der Waals surface area contributed by atoms with Crippen molar-refractivity contribution in [3.63, 3.8) is 0 Å². The molecule has 0 saturated carbocycles. The third kappa shape index (κ3) is 3.72. The average molecular weight is 261 g/mol. The Kier molecular flexibility index (Phi) is 4.83. The number of anilines is 1. The fraction of sp³-hybridized carbons (Fsp3) is 0.562. The van der Waals surface area contributed by atoms with Crippen LogP contribution >= 0.6 is 0 Å². The molecule has 0 spiro atoms. The lowest BCUT2D eigenvalue weighted by Crippen LogP contribution is -2.29. The highest BCUT2D eigenvalue weighted by Gasteiger charge is 2.15. The summed E-state index contributed by atoms with van der Waals surface area (Å²) in [6, 6.07) is 8.58. The van der Waals surface area contributed by atoms with E-state index in [4.69, 9.17) is 4.74 Å². The molecule has 19 heavy (non-hydrogen) atoms. The molecular formula is C16H23NO2. The van der Waals surface area contributed by atoms with Gasteiger partial charge in [-0.05, 0) is 42.9 Å². The van der Waals surface area contributed by atoms with Crippen LogP contribution in [0.25, 0.3) is 0 Å². The van der Waals surface area contributed by atoms with Crippen LogP contribution in [0.15, 0.2) is 24.3 Å². The van der Waals surface area contributed by atoms with Gasteiger partial charge >= 0.3 is 5.97 Å². The van der Waals surface area contributed by atoms with Crippen LogP contribution in [-0.4, -0.2) is 26.2 Å². The van der Waals surface area contributed by atoms with Crippen LogP contribution in [-0.2, 0) is 9.53 Å². The van der Waals surface area contributed by atoms with Crippen molar-refractivity contribution in [3.05, 3.63) is 29.8 Å². The molecule has 1 aromatic rings. The van der Waals surface area contributed by atoms with Crippen LogP contribution in [0, 0.1) is 0 Å². The molecule has 1 heterocycles. The zero-order chi connectivity index (χ0) is 13.7. The summed E-state index contributed by atoms with van der Waals surface area (Å²) in [5.74, 6) is 0.0630. The van der Waals surface area contributed by atoms with E-state index in [9.17, 15) is 4.79 Å². The fourth-order valence-corrected chi connectivity index (χ4v) is 2.63. The monoisotopic (exact) mass is 261 g/mol. The van der Waals surface area contributed by atoms with E-state index in [0.29, 0.717) is 6.42 Å². The first-order valence-corrected chi connectivity index (χ1v) is 7.12. The van der Waals surface area contributed by atoms with Crippen molar-refractivity contribution < 1.29 is 9.53 Å². The summed E-state index contributed by atoms with van der Waals surface area (Å²) >= 11 is 0. The summed E-state index contributed by atoms with van der Waals surface area (Å²) < 4.78 is 4.74. The quantitative estimate of drug-likeness (QED) is 0.778. The highest BCUT2D eigenvalue weighted by molar-refractivity contribution is 5.70. The number of nitrogens with zero attached hydrogens (tertiary/aromatic N) is 1. The molecule has 2 rings (SSSR count). The third-order valence-electron chi connectivity index (χ3n) is 3.86. The predicted molar refractivity (Wildman–Crippen MR) is 77.6 cm³/mol. The van der Waals surface area contributed by atoms with Crippen LogP contribution < -0.4 is 4.90 Å². The zero-order valence-corrected chi connectivity index (χ0v) is 11.9. The Hall–Kier alpha value is -1.51. The highest BCUT2D eigenvalue weighted by Crippen LogP contribution is 2.26. The van der Waals surface area contributed by atoms with Gasteiger partial charge in [0.15, 0.2) is 0 Å². The molecule has 1 fully saturated rings. The second kappa shape index (κ2) is 6.60. The first kappa shape index (κ1) is 13.9. The topological polar surface area (TPSA) is 29.5 Å². The van der Waals surface area contributed by atoms with Gasteiger partial charge in [0.05, 0.1) is 13.5 Å². The number of hydrogen-bond acceptors (Lipinski definition) is 3. The number of carbonyl (C=O) groups is 1. The minimum atomic E-state index is -0.143. The molecule has 0 amide bonds. The molecule has 1 aromatic carbocycles. The summed E-state index contributed by atoms with van der Waals surface area (Å²) in [6.45, 7) is 4.37. The van der Waals surface area contributed by atoms with E-state index in [1.165, 1.54) is 37.6 Å². The van der Waals surface area contributed by atoms with Crippen molar-refractivity contribution >= 4 is 11.7 Å². The predicted octanol–water partition coefficient (Wildman–Crippen LogP) is 3.34. The standard InChI is InChI=1S/C16H23NO2/c1-13(11-16(18)19-2)14-7-6-8-15(12-14)17-9-4-3-5-10-17/h6-8,12-13H,3-5,9-11H2,1-2H3/t13-/m0/s1. The lowest BCUT2D eigenvalue weighted by Gasteiger charge is -2.29. The number of benzene rings is 1. The first-order valence-electron chi connectivity index (χ1n) is 7.12. The van der Waals surface area contributed by atoms with Crippen molar-refractivity contribution in [2.24, 2.45) is 0 Å². The van der Waals surface area contributed by atoms with Crippen molar-refractivity contribution in [3.8, 4) is 0 Å². The number of methoxy groups -OCH3 is 1. The Bertz CT molecular complexity index is 425. The van der Waals surface area contributed by atoms with Gasteiger partial charge in [0.25, 0.3) is 0 Å². The number of carbonyl (C=O) groups excluding carboxylic acids is 1. The van der Waals surface area contributed by atoms with E-state index in [-0.39, 0.29) is 11.9 Å². The molecule has 1 saturated heterocycles. The fourth-order valence-electron chi connectivity index (χ4n) is 2.63. The van der Waals surface area contributed by atoms with E-state index in [1.54, 1.807) is 0 Å². The molecule has 0 aromatic heterocycles. The van der Waals surface area contributed by atoms with Crippen molar-refractivity contribution in [1.82, 2.24) is 0 Å². The normalized spacial score (nSPS) is 17.1. The molecule has 1 aliphatic rings. The molecule has 0 unspecified atom stereocenters. The molecule has 3 heteroatoms. The van der Waals surface area contributed by atoms with E-state index in [0.717, 1.165) is 13.1 Å². The van der Waals surface area contributed by atoms with Gasteiger partial charge in [0.1, 0.15) is 0 Å². The van der Waals surface area contributed by atoms with Crippen LogP contribution in [0.2, 0.25) is 0 Å². The van der Waals surface area contributed by atoms with Crippen LogP contribution in [0.4, 0.5) is 5.69 Å². The molecule has 0 bridgehead atoms. The van der Waals surface area contributed by atoms with Gasteiger partial charge in [0, 0.05) is 18.8 Å².